The van der Waals surface area contributed by atoms with E-state index in [1.165, 1.54) is 0 Å². The first-order valence-electron chi connectivity index (χ1n) is 11.9. The zero-order chi connectivity index (χ0) is 24.8. The molecule has 0 radical (unpaired) electrons. The molecule has 1 unspecified atom stereocenters. The third-order valence-electron chi connectivity index (χ3n) is 6.67. The molecule has 1 aliphatic carbocycles. The number of fused-ring (bicyclic) bond motifs is 3. The second-order valence-corrected chi connectivity index (χ2v) is 8.81. The Balaban J connectivity index is 1.39. The van der Waals surface area contributed by atoms with Gasteiger partial charge in [0.15, 0.2) is 0 Å². The van der Waals surface area contributed by atoms with Crippen LogP contribution in [0.4, 0.5) is 9.18 Å². The van der Waals surface area contributed by atoms with Crippen molar-refractivity contribution in [3.8, 4) is 11.1 Å². The summed E-state index contributed by atoms with van der Waals surface area (Å²) < 4.78 is 18.1. The number of hydrogen-bond acceptors (Lipinski definition) is 5. The maximum Gasteiger partial charge on any atom is 0.407 e. The highest BCUT2D eigenvalue weighted by Crippen LogP contribution is 2.44. The van der Waals surface area contributed by atoms with E-state index in [9.17, 15) is 18.8 Å². The number of carbonyl (C=O) groups is 3. The Kier molecular flexibility index (Phi) is 7.97. The molecule has 2 aliphatic rings. The number of carboxylic acid groups (broad SMARTS) is 1. The highest BCUT2D eigenvalue weighted by molar-refractivity contribution is 5.86. The Bertz CT molecular complexity index is 1020. The Morgan fingerprint density at radius 3 is 2.17 bits per heavy atom. The molecule has 1 saturated heterocycles. The Morgan fingerprint density at radius 2 is 1.60 bits per heavy atom. The SMILES string of the molecule is O=C(O)CCC(NC(=O)OCC1c2ccccc2-c2ccccc21)C(=O)N1CCN(CCF)CC1. The monoisotopic (exact) mass is 483 g/mol. The quantitative estimate of drug-likeness (QED) is 0.569. The van der Waals surface area contributed by atoms with Gasteiger partial charge in [-0.2, -0.15) is 0 Å². The fraction of sp³-hybridized carbons (Fsp3) is 0.423. The number of rotatable bonds is 9. The van der Waals surface area contributed by atoms with Gasteiger partial charge in [-0.15, -0.1) is 0 Å². The molecule has 1 aliphatic heterocycles. The molecule has 1 fully saturated rings. The van der Waals surface area contributed by atoms with Gasteiger partial charge < -0.3 is 20.1 Å². The second-order valence-electron chi connectivity index (χ2n) is 8.81. The third-order valence-corrected chi connectivity index (χ3v) is 6.67. The van der Waals surface area contributed by atoms with Gasteiger partial charge in [0, 0.05) is 45.1 Å². The van der Waals surface area contributed by atoms with Crippen LogP contribution < -0.4 is 5.32 Å². The highest BCUT2D eigenvalue weighted by atomic mass is 19.1. The van der Waals surface area contributed by atoms with Gasteiger partial charge in [-0.05, 0) is 28.7 Å². The summed E-state index contributed by atoms with van der Waals surface area (Å²) in [6.07, 6.45) is -1.06. The van der Waals surface area contributed by atoms with Gasteiger partial charge in [0.1, 0.15) is 19.3 Å². The largest absolute Gasteiger partial charge is 0.481 e. The zero-order valence-electron chi connectivity index (χ0n) is 19.5. The van der Waals surface area contributed by atoms with Gasteiger partial charge in [0.2, 0.25) is 5.91 Å². The number of alkyl halides is 1. The smallest absolute Gasteiger partial charge is 0.407 e. The molecule has 0 aromatic heterocycles. The second kappa shape index (κ2) is 11.3. The summed E-state index contributed by atoms with van der Waals surface area (Å²) in [5.74, 6) is -1.52. The topological polar surface area (TPSA) is 99.2 Å². The van der Waals surface area contributed by atoms with E-state index in [1.807, 2.05) is 53.4 Å². The van der Waals surface area contributed by atoms with E-state index < -0.39 is 24.8 Å². The number of piperazine rings is 1. The molecule has 186 valence electrons. The van der Waals surface area contributed by atoms with E-state index in [4.69, 9.17) is 9.84 Å². The third kappa shape index (κ3) is 5.79. The predicted octanol–water partition coefficient (Wildman–Crippen LogP) is 2.87. The minimum Gasteiger partial charge on any atom is -0.481 e. The number of nitrogens with zero attached hydrogens (tertiary/aromatic N) is 2. The molecule has 4 rings (SSSR count). The van der Waals surface area contributed by atoms with Crippen LogP contribution in [0.15, 0.2) is 48.5 Å². The molecule has 8 nitrogen and oxygen atoms in total. The van der Waals surface area contributed by atoms with E-state index in [1.54, 1.807) is 4.90 Å². The fourth-order valence-corrected chi connectivity index (χ4v) is 4.84. The number of ether oxygens (including phenoxy) is 1. The first-order chi connectivity index (χ1) is 17.0. The fourth-order valence-electron chi connectivity index (χ4n) is 4.84. The number of alkyl carbamates (subject to hydrolysis) is 1. The number of benzene rings is 2. The van der Waals surface area contributed by atoms with Crippen LogP contribution in [-0.4, -0.2) is 84.9 Å². The van der Waals surface area contributed by atoms with Crippen molar-refractivity contribution < 1.29 is 28.6 Å². The molecular formula is C26H30FN3O5. The van der Waals surface area contributed by atoms with Crippen molar-refractivity contribution >= 4 is 18.0 Å². The number of carboxylic acids is 1. The van der Waals surface area contributed by atoms with Crippen molar-refractivity contribution in [3.63, 3.8) is 0 Å². The van der Waals surface area contributed by atoms with Gasteiger partial charge in [-0.25, -0.2) is 9.18 Å². The Labute approximate surface area is 203 Å². The molecule has 1 atom stereocenters. The van der Waals surface area contributed by atoms with Crippen LogP contribution in [0, 0.1) is 0 Å². The average Bonchev–Trinajstić information content (AvgIpc) is 3.19. The minimum absolute atomic E-state index is 0.0386. The first kappa shape index (κ1) is 24.7. The molecular weight excluding hydrogens is 453 g/mol. The number of carbonyl (C=O) groups excluding carboxylic acids is 2. The number of aliphatic carboxylic acids is 1. The first-order valence-corrected chi connectivity index (χ1v) is 11.9. The normalized spacial score (nSPS) is 16.3. The van der Waals surface area contributed by atoms with Crippen LogP contribution >= 0.6 is 0 Å². The van der Waals surface area contributed by atoms with Crippen LogP contribution in [0.5, 0.6) is 0 Å². The van der Waals surface area contributed by atoms with Gasteiger partial charge in [0.25, 0.3) is 0 Å². The van der Waals surface area contributed by atoms with Crippen LogP contribution in [0.25, 0.3) is 11.1 Å². The van der Waals surface area contributed by atoms with Crippen LogP contribution in [0.3, 0.4) is 0 Å². The van der Waals surface area contributed by atoms with Crippen LogP contribution in [-0.2, 0) is 14.3 Å². The van der Waals surface area contributed by atoms with Crippen molar-refractivity contribution in [2.24, 2.45) is 0 Å². The highest BCUT2D eigenvalue weighted by Gasteiger charge is 2.31. The number of amides is 2. The summed E-state index contributed by atoms with van der Waals surface area (Å²) in [6.45, 7) is 1.84. The molecule has 0 bridgehead atoms. The van der Waals surface area contributed by atoms with Crippen LogP contribution in [0.1, 0.15) is 29.9 Å². The summed E-state index contributed by atoms with van der Waals surface area (Å²) in [5, 5.41) is 11.7. The summed E-state index contributed by atoms with van der Waals surface area (Å²) in [4.78, 5) is 40.4. The summed E-state index contributed by atoms with van der Waals surface area (Å²) in [7, 11) is 0. The van der Waals surface area contributed by atoms with Crippen molar-refractivity contribution in [2.75, 3.05) is 46.0 Å². The predicted molar refractivity (Wildman–Crippen MR) is 128 cm³/mol. The van der Waals surface area contributed by atoms with E-state index in [0.717, 1.165) is 22.3 Å². The molecule has 2 aromatic rings. The van der Waals surface area contributed by atoms with Crippen molar-refractivity contribution in [3.05, 3.63) is 59.7 Å². The Morgan fingerprint density at radius 1 is 1.00 bits per heavy atom. The standard InChI is InChI=1S/C26H30FN3O5/c27-11-12-29-13-15-30(16-14-29)25(33)23(9-10-24(31)32)28-26(34)35-17-22-20-7-3-1-5-18(20)19-6-2-4-8-21(19)22/h1-8,22-23H,9-17H2,(H,28,34)(H,31,32). The van der Waals surface area contributed by atoms with E-state index in [-0.39, 0.29) is 31.3 Å². The van der Waals surface area contributed by atoms with Gasteiger partial charge in [-0.3, -0.25) is 14.5 Å². The summed E-state index contributed by atoms with van der Waals surface area (Å²) in [6, 6.07) is 15.0. The van der Waals surface area contributed by atoms with Gasteiger partial charge >= 0.3 is 12.1 Å². The molecule has 1 heterocycles. The maximum atomic E-state index is 13.1. The zero-order valence-corrected chi connectivity index (χ0v) is 19.5. The number of halogens is 1. The summed E-state index contributed by atoms with van der Waals surface area (Å²) >= 11 is 0. The van der Waals surface area contributed by atoms with Crippen molar-refractivity contribution in [2.45, 2.75) is 24.8 Å². The molecule has 2 aromatic carbocycles. The van der Waals surface area contributed by atoms with Crippen molar-refractivity contribution in [1.29, 1.82) is 0 Å². The summed E-state index contributed by atoms with van der Waals surface area (Å²) in [5.41, 5.74) is 4.37. The lowest BCUT2D eigenvalue weighted by molar-refractivity contribution is -0.138. The molecule has 9 heteroatoms. The number of hydrogen-bond donors (Lipinski definition) is 2. The van der Waals surface area contributed by atoms with E-state index >= 15 is 0 Å². The molecule has 35 heavy (non-hydrogen) atoms. The lowest BCUT2D eigenvalue weighted by Gasteiger charge is -2.36. The van der Waals surface area contributed by atoms with E-state index in [0.29, 0.717) is 32.7 Å². The maximum absolute atomic E-state index is 13.1. The lowest BCUT2D eigenvalue weighted by Crippen LogP contribution is -2.55. The number of nitrogens with one attached hydrogen (secondary N) is 1. The van der Waals surface area contributed by atoms with Crippen LogP contribution in [0.2, 0.25) is 0 Å². The average molecular weight is 484 g/mol. The minimum atomic E-state index is -1.05. The van der Waals surface area contributed by atoms with Crippen molar-refractivity contribution in [1.82, 2.24) is 15.1 Å². The Hall–Kier alpha value is -3.46. The lowest BCUT2D eigenvalue weighted by atomic mass is 9.98. The van der Waals surface area contributed by atoms with Gasteiger partial charge in [-0.1, -0.05) is 48.5 Å². The van der Waals surface area contributed by atoms with E-state index in [2.05, 4.69) is 5.32 Å². The molecule has 2 N–H and O–H groups in total. The molecule has 2 amide bonds. The molecule has 0 saturated carbocycles. The molecule has 0 spiro atoms. The van der Waals surface area contributed by atoms with Gasteiger partial charge in [0.05, 0.1) is 0 Å².